The van der Waals surface area contributed by atoms with Crippen LogP contribution in [0, 0.1) is 5.82 Å². The molecule has 0 aliphatic carbocycles. The zero-order valence-electron chi connectivity index (χ0n) is 9.32. The fourth-order valence-corrected chi connectivity index (χ4v) is 1.70. The first-order valence-corrected chi connectivity index (χ1v) is 6.26. The lowest BCUT2D eigenvalue weighted by Crippen LogP contribution is -2.22. The van der Waals surface area contributed by atoms with Crippen molar-refractivity contribution >= 4 is 15.7 Å². The SMILES string of the molecule is COc1cc(NS(=O)(=O)C(C)C)ccc1F. The van der Waals surface area contributed by atoms with E-state index >= 15 is 0 Å². The lowest BCUT2D eigenvalue weighted by Gasteiger charge is -2.11. The van der Waals surface area contributed by atoms with Crippen LogP contribution in [0.1, 0.15) is 13.8 Å². The Kier molecular flexibility index (Phi) is 3.74. The predicted molar refractivity (Wildman–Crippen MR) is 60.6 cm³/mol. The van der Waals surface area contributed by atoms with Gasteiger partial charge in [-0.05, 0) is 26.0 Å². The van der Waals surface area contributed by atoms with Crippen LogP contribution in [0.4, 0.5) is 10.1 Å². The Labute approximate surface area is 94.5 Å². The van der Waals surface area contributed by atoms with Crippen molar-refractivity contribution in [3.8, 4) is 5.75 Å². The van der Waals surface area contributed by atoms with E-state index in [1.54, 1.807) is 13.8 Å². The summed E-state index contributed by atoms with van der Waals surface area (Å²) in [7, 11) is -2.10. The number of sulfonamides is 1. The summed E-state index contributed by atoms with van der Waals surface area (Å²) >= 11 is 0. The molecule has 90 valence electrons. The highest BCUT2D eigenvalue weighted by Gasteiger charge is 2.16. The molecule has 1 rings (SSSR count). The maximum Gasteiger partial charge on any atom is 0.235 e. The summed E-state index contributed by atoms with van der Waals surface area (Å²) in [5.74, 6) is -0.529. The van der Waals surface area contributed by atoms with E-state index in [-0.39, 0.29) is 11.4 Å². The second-order valence-corrected chi connectivity index (χ2v) is 5.78. The van der Waals surface area contributed by atoms with Gasteiger partial charge in [0.25, 0.3) is 0 Å². The second kappa shape index (κ2) is 4.69. The Morgan fingerprint density at radius 3 is 2.50 bits per heavy atom. The van der Waals surface area contributed by atoms with Crippen molar-refractivity contribution in [1.29, 1.82) is 0 Å². The summed E-state index contributed by atoms with van der Waals surface area (Å²) in [6.45, 7) is 3.12. The molecule has 0 fully saturated rings. The van der Waals surface area contributed by atoms with Crippen molar-refractivity contribution in [3.63, 3.8) is 0 Å². The fraction of sp³-hybridized carbons (Fsp3) is 0.400. The number of ether oxygens (including phenoxy) is 1. The average molecular weight is 247 g/mol. The highest BCUT2D eigenvalue weighted by atomic mass is 32.2. The van der Waals surface area contributed by atoms with E-state index in [0.29, 0.717) is 0 Å². The maximum atomic E-state index is 13.1. The highest BCUT2D eigenvalue weighted by molar-refractivity contribution is 7.93. The van der Waals surface area contributed by atoms with Gasteiger partial charge in [0.05, 0.1) is 18.0 Å². The van der Waals surface area contributed by atoms with Crippen LogP contribution in [-0.4, -0.2) is 20.8 Å². The molecule has 0 aliphatic rings. The van der Waals surface area contributed by atoms with E-state index in [0.717, 1.165) is 6.07 Å². The predicted octanol–water partition coefficient (Wildman–Crippen LogP) is 1.98. The summed E-state index contributed by atoms with van der Waals surface area (Å²) in [6.07, 6.45) is 0. The van der Waals surface area contributed by atoms with Crippen molar-refractivity contribution in [2.45, 2.75) is 19.1 Å². The third-order valence-corrected chi connectivity index (χ3v) is 3.79. The van der Waals surface area contributed by atoms with Crippen LogP contribution in [0.25, 0.3) is 0 Å². The standard InChI is InChI=1S/C10H14FNO3S/c1-7(2)16(13,14)12-8-4-5-9(11)10(6-8)15-3/h4-7,12H,1-3H3. The van der Waals surface area contributed by atoms with E-state index in [9.17, 15) is 12.8 Å². The van der Waals surface area contributed by atoms with Crippen LogP contribution in [0.3, 0.4) is 0 Å². The van der Waals surface area contributed by atoms with Gasteiger partial charge < -0.3 is 4.74 Å². The minimum absolute atomic E-state index is 0.00366. The van der Waals surface area contributed by atoms with Gasteiger partial charge in [0, 0.05) is 6.07 Å². The van der Waals surface area contributed by atoms with Crippen molar-refractivity contribution in [2.24, 2.45) is 0 Å². The molecule has 0 spiro atoms. The smallest absolute Gasteiger partial charge is 0.235 e. The molecule has 1 aromatic carbocycles. The van der Waals surface area contributed by atoms with Crippen LogP contribution in [0.15, 0.2) is 18.2 Å². The number of hydrogen-bond acceptors (Lipinski definition) is 3. The van der Waals surface area contributed by atoms with Gasteiger partial charge in [-0.1, -0.05) is 0 Å². The molecule has 0 saturated heterocycles. The van der Waals surface area contributed by atoms with Gasteiger partial charge in [0.1, 0.15) is 0 Å². The quantitative estimate of drug-likeness (QED) is 0.885. The van der Waals surface area contributed by atoms with E-state index in [2.05, 4.69) is 4.72 Å². The lowest BCUT2D eigenvalue weighted by molar-refractivity contribution is 0.387. The molecule has 0 aliphatic heterocycles. The molecule has 1 N–H and O–H groups in total. The molecule has 6 heteroatoms. The normalized spacial score (nSPS) is 11.6. The minimum Gasteiger partial charge on any atom is -0.494 e. The minimum atomic E-state index is -3.42. The first-order valence-electron chi connectivity index (χ1n) is 4.72. The van der Waals surface area contributed by atoms with Crippen molar-refractivity contribution < 1.29 is 17.5 Å². The first-order chi connectivity index (χ1) is 7.36. The molecule has 4 nitrogen and oxygen atoms in total. The number of hydrogen-bond donors (Lipinski definition) is 1. The molecule has 0 aromatic heterocycles. The zero-order chi connectivity index (χ0) is 12.3. The number of rotatable bonds is 4. The molecule has 0 amide bonds. The van der Waals surface area contributed by atoms with Crippen molar-refractivity contribution in [2.75, 3.05) is 11.8 Å². The number of benzene rings is 1. The third kappa shape index (κ3) is 2.85. The molecule has 0 unspecified atom stereocenters. The zero-order valence-corrected chi connectivity index (χ0v) is 10.1. The van der Waals surface area contributed by atoms with Crippen LogP contribution < -0.4 is 9.46 Å². The second-order valence-electron chi connectivity index (χ2n) is 3.55. The van der Waals surface area contributed by atoms with Gasteiger partial charge in [-0.3, -0.25) is 4.72 Å². The van der Waals surface area contributed by atoms with Gasteiger partial charge in [-0.15, -0.1) is 0 Å². The number of methoxy groups -OCH3 is 1. The van der Waals surface area contributed by atoms with Gasteiger partial charge in [-0.25, -0.2) is 12.8 Å². The molecule has 0 bridgehead atoms. The molecule has 0 heterocycles. The Hall–Kier alpha value is -1.30. The van der Waals surface area contributed by atoms with Crippen LogP contribution >= 0.6 is 0 Å². The van der Waals surface area contributed by atoms with E-state index in [1.807, 2.05) is 0 Å². The van der Waals surface area contributed by atoms with Crippen molar-refractivity contribution in [1.82, 2.24) is 0 Å². The number of halogens is 1. The van der Waals surface area contributed by atoms with Gasteiger partial charge in [0.15, 0.2) is 11.6 Å². The van der Waals surface area contributed by atoms with E-state index in [1.165, 1.54) is 19.2 Å². The Morgan fingerprint density at radius 2 is 2.00 bits per heavy atom. The van der Waals surface area contributed by atoms with Gasteiger partial charge in [0.2, 0.25) is 10.0 Å². The molecular weight excluding hydrogens is 233 g/mol. The fourth-order valence-electron chi connectivity index (χ4n) is 1.01. The third-order valence-electron chi connectivity index (χ3n) is 2.03. The Bertz CT molecular complexity index is 471. The first kappa shape index (κ1) is 12.8. The Morgan fingerprint density at radius 1 is 1.38 bits per heavy atom. The summed E-state index contributed by atoms with van der Waals surface area (Å²) in [6, 6.07) is 3.80. The molecular formula is C10H14FNO3S. The van der Waals surface area contributed by atoms with Crippen molar-refractivity contribution in [3.05, 3.63) is 24.0 Å². The molecule has 1 aromatic rings. The average Bonchev–Trinajstić information content (AvgIpc) is 2.20. The van der Waals surface area contributed by atoms with Gasteiger partial charge in [-0.2, -0.15) is 0 Å². The molecule has 0 atom stereocenters. The van der Waals surface area contributed by atoms with Crippen LogP contribution in [0.2, 0.25) is 0 Å². The largest absolute Gasteiger partial charge is 0.494 e. The molecule has 16 heavy (non-hydrogen) atoms. The topological polar surface area (TPSA) is 55.4 Å². The summed E-state index contributed by atoms with van der Waals surface area (Å²) in [5, 5.41) is -0.552. The summed E-state index contributed by atoms with van der Waals surface area (Å²) < 4.78 is 43.2. The van der Waals surface area contributed by atoms with E-state index in [4.69, 9.17) is 4.74 Å². The van der Waals surface area contributed by atoms with Crippen LogP contribution in [0.5, 0.6) is 5.75 Å². The number of nitrogens with one attached hydrogen (secondary N) is 1. The highest BCUT2D eigenvalue weighted by Crippen LogP contribution is 2.22. The van der Waals surface area contributed by atoms with E-state index < -0.39 is 21.1 Å². The lowest BCUT2D eigenvalue weighted by atomic mass is 10.3. The van der Waals surface area contributed by atoms with Gasteiger partial charge >= 0.3 is 0 Å². The monoisotopic (exact) mass is 247 g/mol. The number of anilines is 1. The summed E-state index contributed by atoms with van der Waals surface area (Å²) in [5.41, 5.74) is 0.284. The Balaban J connectivity index is 2.99. The summed E-state index contributed by atoms with van der Waals surface area (Å²) in [4.78, 5) is 0. The maximum absolute atomic E-state index is 13.1. The molecule has 0 saturated carbocycles. The molecule has 0 radical (unpaired) electrons. The van der Waals surface area contributed by atoms with Crippen LogP contribution in [-0.2, 0) is 10.0 Å².